The summed E-state index contributed by atoms with van der Waals surface area (Å²) in [6.07, 6.45) is 0.877. The van der Waals surface area contributed by atoms with Crippen LogP contribution in [0.5, 0.6) is 11.5 Å². The van der Waals surface area contributed by atoms with Gasteiger partial charge in [0.2, 0.25) is 5.91 Å². The number of hydroxylamine groups is 1. The number of nitrogens with one attached hydrogen (secondary N) is 1. The fraction of sp³-hybridized carbons (Fsp3) is 0.240. The Morgan fingerprint density at radius 3 is 2.27 bits per heavy atom. The fourth-order valence-corrected chi connectivity index (χ4v) is 6.35. The van der Waals surface area contributed by atoms with Crippen molar-refractivity contribution in [3.8, 4) is 11.5 Å². The minimum Gasteiger partial charge on any atom is -0.457 e. The van der Waals surface area contributed by atoms with E-state index in [1.807, 2.05) is 0 Å². The molecule has 1 aliphatic rings. The highest BCUT2D eigenvalue weighted by molar-refractivity contribution is 7.92. The highest BCUT2D eigenvalue weighted by atomic mass is 35.5. The maximum atomic E-state index is 13.6. The van der Waals surface area contributed by atoms with Gasteiger partial charge in [-0.25, -0.2) is 18.3 Å². The number of carbonyl (C=O) groups excluding carboxylic acids is 2. The second-order valence-corrected chi connectivity index (χ2v) is 10.8. The van der Waals surface area contributed by atoms with Gasteiger partial charge in [-0.1, -0.05) is 18.2 Å². The second kappa shape index (κ2) is 11.7. The molecule has 1 aromatic heterocycles. The van der Waals surface area contributed by atoms with Gasteiger partial charge in [0.1, 0.15) is 27.8 Å². The van der Waals surface area contributed by atoms with Crippen molar-refractivity contribution in [3.05, 3.63) is 90.0 Å². The smallest absolute Gasteiger partial charge is 0.272 e. The number of aromatic nitrogens is 1. The van der Waals surface area contributed by atoms with Crippen LogP contribution in [0.25, 0.3) is 0 Å². The number of hydrogen-bond acceptors (Lipinski definition) is 7. The summed E-state index contributed by atoms with van der Waals surface area (Å²) in [5.41, 5.74) is 2.04. The molecular weight excluding hydrogens is 525 g/mol. The van der Waals surface area contributed by atoms with Gasteiger partial charge in [-0.2, -0.15) is 0 Å². The Morgan fingerprint density at radius 1 is 1.03 bits per heavy atom. The highest BCUT2D eigenvalue weighted by Crippen LogP contribution is 2.41. The van der Waals surface area contributed by atoms with Crippen LogP contribution in [0.4, 0.5) is 4.39 Å². The minimum absolute atomic E-state index is 0. The van der Waals surface area contributed by atoms with Crippen LogP contribution in [-0.2, 0) is 19.4 Å². The van der Waals surface area contributed by atoms with Crippen molar-refractivity contribution in [2.75, 3.05) is 18.8 Å². The molecule has 2 heterocycles. The molecule has 2 amide bonds. The van der Waals surface area contributed by atoms with Crippen LogP contribution in [0, 0.1) is 5.82 Å². The first kappa shape index (κ1) is 28.0. The topological polar surface area (TPSA) is 126 Å². The van der Waals surface area contributed by atoms with Crippen molar-refractivity contribution in [2.45, 2.75) is 17.6 Å². The molecule has 1 unspecified atom stereocenters. The maximum Gasteiger partial charge on any atom is 0.272 e. The zero-order chi connectivity index (χ0) is 25.8. The molecular formula is C25H25ClFN3O6S. The van der Waals surface area contributed by atoms with Gasteiger partial charge in [-0.3, -0.25) is 19.8 Å². The number of halogens is 2. The summed E-state index contributed by atoms with van der Waals surface area (Å²) in [5.74, 6) is -1.28. The van der Waals surface area contributed by atoms with Gasteiger partial charge in [0.05, 0.1) is 12.2 Å². The van der Waals surface area contributed by atoms with E-state index in [9.17, 15) is 27.6 Å². The van der Waals surface area contributed by atoms with Crippen molar-refractivity contribution in [1.82, 2.24) is 15.4 Å². The third kappa shape index (κ3) is 6.07. The number of amides is 2. The monoisotopic (exact) mass is 549 g/mol. The summed E-state index contributed by atoms with van der Waals surface area (Å²) in [7, 11) is -3.97. The zero-order valence-electron chi connectivity index (χ0n) is 19.5. The maximum absolute atomic E-state index is 13.6. The average Bonchev–Trinajstić information content (AvgIpc) is 3.02. The van der Waals surface area contributed by atoms with Gasteiger partial charge in [-0.05, 0) is 60.5 Å². The number of benzene rings is 2. The molecule has 0 radical (unpaired) electrons. The standard InChI is InChI=1S/C25H24FN3O6S.ClH/c26-19-6-10-21(11-7-19)35-20-8-4-18(5-9-20)25(17-23(30)28-32)12-14-29(15-16-36(25,33)34)24(31)22-3-1-2-13-27-22;/h1-11,13,32H,12,14-17H2,(H,28,30);1H. The lowest BCUT2D eigenvalue weighted by atomic mass is 9.90. The molecule has 2 N–H and O–H groups in total. The van der Waals surface area contributed by atoms with Crippen LogP contribution in [0.1, 0.15) is 28.9 Å². The third-order valence-electron chi connectivity index (χ3n) is 6.18. The van der Waals surface area contributed by atoms with E-state index < -0.39 is 38.6 Å². The van der Waals surface area contributed by atoms with E-state index >= 15 is 0 Å². The summed E-state index contributed by atoms with van der Waals surface area (Å²) in [6, 6.07) is 16.5. The third-order valence-corrected chi connectivity index (χ3v) is 8.68. The van der Waals surface area contributed by atoms with E-state index in [1.54, 1.807) is 30.3 Å². The average molecular weight is 550 g/mol. The Bertz CT molecular complexity index is 1340. The van der Waals surface area contributed by atoms with Gasteiger partial charge in [-0.15, -0.1) is 12.4 Å². The molecule has 1 aliphatic heterocycles. The summed E-state index contributed by atoms with van der Waals surface area (Å²) in [6.45, 7) is -0.00677. The molecule has 12 heteroatoms. The first-order chi connectivity index (χ1) is 17.2. The first-order valence-corrected chi connectivity index (χ1v) is 12.8. The summed E-state index contributed by atoms with van der Waals surface area (Å²) < 4.78 is 44.4. The molecule has 4 rings (SSSR count). The summed E-state index contributed by atoms with van der Waals surface area (Å²) >= 11 is 0. The molecule has 0 bridgehead atoms. The number of sulfone groups is 1. The van der Waals surface area contributed by atoms with Crippen LogP contribution < -0.4 is 10.2 Å². The fourth-order valence-electron chi connectivity index (χ4n) is 4.25. The molecule has 1 atom stereocenters. The van der Waals surface area contributed by atoms with E-state index in [0.29, 0.717) is 17.1 Å². The molecule has 2 aromatic carbocycles. The second-order valence-electron chi connectivity index (χ2n) is 8.36. The van der Waals surface area contributed by atoms with Crippen LogP contribution in [0.2, 0.25) is 0 Å². The quantitative estimate of drug-likeness (QED) is 0.356. The first-order valence-electron chi connectivity index (χ1n) is 11.1. The lowest BCUT2D eigenvalue weighted by molar-refractivity contribution is -0.130. The van der Waals surface area contributed by atoms with Crippen LogP contribution in [0.3, 0.4) is 0 Å². The molecule has 37 heavy (non-hydrogen) atoms. The Labute approximate surface area is 219 Å². The Kier molecular flexibility index (Phi) is 8.85. The lowest BCUT2D eigenvalue weighted by Crippen LogP contribution is -2.42. The number of ether oxygens (including phenoxy) is 1. The lowest BCUT2D eigenvalue weighted by Gasteiger charge is -2.32. The highest BCUT2D eigenvalue weighted by Gasteiger charge is 2.49. The molecule has 1 fully saturated rings. The Morgan fingerprint density at radius 2 is 1.68 bits per heavy atom. The van der Waals surface area contributed by atoms with E-state index in [2.05, 4.69) is 4.98 Å². The van der Waals surface area contributed by atoms with Gasteiger partial charge >= 0.3 is 0 Å². The molecule has 0 saturated carbocycles. The molecule has 0 spiro atoms. The van der Waals surface area contributed by atoms with E-state index in [-0.39, 0.29) is 43.4 Å². The number of pyridine rings is 1. The predicted molar refractivity (Wildman–Crippen MR) is 135 cm³/mol. The number of carbonyl (C=O) groups is 2. The van der Waals surface area contributed by atoms with Gasteiger partial charge in [0.25, 0.3) is 5.91 Å². The predicted octanol–water partition coefficient (Wildman–Crippen LogP) is 3.49. The Balaban J connectivity index is 0.00000380. The van der Waals surface area contributed by atoms with Crippen molar-refractivity contribution in [3.63, 3.8) is 0 Å². The number of nitrogens with zero attached hydrogens (tertiary/aromatic N) is 2. The molecule has 0 aliphatic carbocycles. The largest absolute Gasteiger partial charge is 0.457 e. The molecule has 9 nitrogen and oxygen atoms in total. The van der Waals surface area contributed by atoms with Crippen LogP contribution in [0.15, 0.2) is 72.9 Å². The van der Waals surface area contributed by atoms with E-state index in [4.69, 9.17) is 4.74 Å². The SMILES string of the molecule is Cl.O=C(CC1(c2ccc(Oc3ccc(F)cc3)cc2)CCN(C(=O)c2ccccn2)CCS1(=O)=O)NO. The molecule has 196 valence electrons. The van der Waals surface area contributed by atoms with Crippen molar-refractivity contribution >= 4 is 34.1 Å². The molecule has 3 aromatic rings. The summed E-state index contributed by atoms with van der Waals surface area (Å²) in [5, 5.41) is 9.17. The van der Waals surface area contributed by atoms with Crippen molar-refractivity contribution in [2.24, 2.45) is 0 Å². The van der Waals surface area contributed by atoms with E-state index in [1.165, 1.54) is 53.0 Å². The van der Waals surface area contributed by atoms with Crippen molar-refractivity contribution in [1.29, 1.82) is 0 Å². The normalized spacial score (nSPS) is 18.7. The molecule has 1 saturated heterocycles. The van der Waals surface area contributed by atoms with Crippen molar-refractivity contribution < 1.29 is 32.3 Å². The van der Waals surface area contributed by atoms with Gasteiger partial charge in [0.15, 0.2) is 9.84 Å². The van der Waals surface area contributed by atoms with E-state index in [0.717, 1.165) is 0 Å². The number of rotatable bonds is 6. The van der Waals surface area contributed by atoms with Gasteiger partial charge < -0.3 is 9.64 Å². The zero-order valence-corrected chi connectivity index (χ0v) is 21.2. The minimum atomic E-state index is -3.97. The van der Waals surface area contributed by atoms with Gasteiger partial charge in [0, 0.05) is 19.3 Å². The number of hydrogen-bond donors (Lipinski definition) is 2. The summed E-state index contributed by atoms with van der Waals surface area (Å²) in [4.78, 5) is 30.7. The Hall–Kier alpha value is -3.54. The van der Waals surface area contributed by atoms with Crippen LogP contribution >= 0.6 is 12.4 Å². The van der Waals surface area contributed by atoms with Crippen LogP contribution in [-0.4, -0.2) is 54.2 Å².